The number of ether oxygens (including phenoxy) is 1. The maximum Gasteiger partial charge on any atom is 0.341 e. The number of amides is 1. The van der Waals surface area contributed by atoms with Crippen LogP contribution in [0.4, 0.5) is 5.00 Å². The smallest absolute Gasteiger partial charge is 0.341 e. The van der Waals surface area contributed by atoms with E-state index in [9.17, 15) is 14.9 Å². The van der Waals surface area contributed by atoms with E-state index in [1.165, 1.54) is 23.1 Å². The van der Waals surface area contributed by atoms with Crippen molar-refractivity contribution in [3.8, 4) is 28.5 Å². The van der Waals surface area contributed by atoms with Crippen molar-refractivity contribution < 1.29 is 14.3 Å². The topological polar surface area (TPSA) is 92.1 Å². The molecule has 1 amide bonds. The molecular formula is C32H29N3O3S2. The van der Waals surface area contributed by atoms with Crippen LogP contribution in [-0.4, -0.2) is 29.2 Å². The van der Waals surface area contributed by atoms with Gasteiger partial charge in [0.2, 0.25) is 5.91 Å². The molecule has 8 heteroatoms. The molecule has 0 bridgehead atoms. The van der Waals surface area contributed by atoms with Crippen LogP contribution in [0, 0.1) is 11.3 Å². The van der Waals surface area contributed by atoms with Gasteiger partial charge < -0.3 is 10.1 Å². The lowest BCUT2D eigenvalue weighted by atomic mass is 9.95. The molecule has 1 N–H and O–H groups in total. The summed E-state index contributed by atoms with van der Waals surface area (Å²) in [6, 6.07) is 24.0. The Balaban J connectivity index is 1.36. The first-order valence-corrected chi connectivity index (χ1v) is 15.2. The van der Waals surface area contributed by atoms with Gasteiger partial charge in [-0.1, -0.05) is 60.7 Å². The van der Waals surface area contributed by atoms with E-state index >= 15 is 0 Å². The van der Waals surface area contributed by atoms with Gasteiger partial charge in [-0.25, -0.2) is 9.78 Å². The molecule has 202 valence electrons. The molecule has 4 aromatic rings. The summed E-state index contributed by atoms with van der Waals surface area (Å²) >= 11 is 2.88. The lowest BCUT2D eigenvalue weighted by Gasteiger charge is -2.13. The lowest BCUT2D eigenvalue weighted by Crippen LogP contribution is -2.16. The monoisotopic (exact) mass is 567 g/mol. The first-order valence-electron chi connectivity index (χ1n) is 13.4. The SMILES string of the molecule is CCOC(=O)c1c(NC(=O)CCSc2nc(-c3ccccc3)cc(-c3ccccc3)c2C#N)sc2c1CCCC2. The number of hydrogen-bond donors (Lipinski definition) is 1. The Morgan fingerprint density at radius 2 is 1.75 bits per heavy atom. The minimum Gasteiger partial charge on any atom is -0.462 e. The molecule has 2 aromatic carbocycles. The summed E-state index contributed by atoms with van der Waals surface area (Å²) in [4.78, 5) is 31.8. The molecule has 0 spiro atoms. The third-order valence-corrected chi connectivity index (χ3v) is 8.91. The van der Waals surface area contributed by atoms with Gasteiger partial charge in [0.1, 0.15) is 16.1 Å². The van der Waals surface area contributed by atoms with E-state index in [0.29, 0.717) is 26.9 Å². The highest BCUT2D eigenvalue weighted by atomic mass is 32.2. The molecule has 0 saturated heterocycles. The number of fused-ring (bicyclic) bond motifs is 1. The maximum atomic E-state index is 13.0. The van der Waals surface area contributed by atoms with Crippen LogP contribution < -0.4 is 5.32 Å². The second-order valence-corrected chi connectivity index (χ2v) is 11.5. The second-order valence-electron chi connectivity index (χ2n) is 9.36. The number of carbonyl (C=O) groups is 2. The second kappa shape index (κ2) is 12.9. The summed E-state index contributed by atoms with van der Waals surface area (Å²) in [5, 5.41) is 14.3. The molecule has 1 aliphatic carbocycles. The van der Waals surface area contributed by atoms with Crippen LogP contribution in [0.3, 0.4) is 0 Å². The number of esters is 1. The zero-order valence-electron chi connectivity index (χ0n) is 22.2. The predicted molar refractivity (Wildman–Crippen MR) is 161 cm³/mol. The van der Waals surface area contributed by atoms with E-state index in [2.05, 4.69) is 11.4 Å². The average molecular weight is 568 g/mol. The molecule has 5 rings (SSSR count). The summed E-state index contributed by atoms with van der Waals surface area (Å²) in [6.07, 6.45) is 4.07. The van der Waals surface area contributed by atoms with Gasteiger partial charge in [-0.3, -0.25) is 4.79 Å². The van der Waals surface area contributed by atoms with Gasteiger partial charge >= 0.3 is 5.97 Å². The number of aromatic nitrogens is 1. The molecule has 40 heavy (non-hydrogen) atoms. The van der Waals surface area contributed by atoms with Crippen LogP contribution in [0.2, 0.25) is 0 Å². The normalized spacial score (nSPS) is 12.3. The van der Waals surface area contributed by atoms with Gasteiger partial charge in [0.15, 0.2) is 0 Å². The number of nitrogens with zero attached hydrogens (tertiary/aromatic N) is 2. The van der Waals surface area contributed by atoms with Gasteiger partial charge in [0, 0.05) is 28.2 Å². The minimum absolute atomic E-state index is 0.183. The van der Waals surface area contributed by atoms with Gasteiger partial charge in [-0.05, 0) is 49.8 Å². The van der Waals surface area contributed by atoms with Crippen LogP contribution in [-0.2, 0) is 22.4 Å². The van der Waals surface area contributed by atoms with Crippen molar-refractivity contribution in [1.29, 1.82) is 5.26 Å². The van der Waals surface area contributed by atoms with Crippen molar-refractivity contribution in [3.63, 3.8) is 0 Å². The number of thioether (sulfide) groups is 1. The van der Waals surface area contributed by atoms with Crippen LogP contribution in [0.1, 0.15) is 52.5 Å². The first-order chi connectivity index (χ1) is 19.6. The highest BCUT2D eigenvalue weighted by Gasteiger charge is 2.27. The molecule has 0 fully saturated rings. The number of pyridine rings is 1. The predicted octanol–water partition coefficient (Wildman–Crippen LogP) is 7.53. The fourth-order valence-electron chi connectivity index (χ4n) is 4.84. The molecule has 0 saturated carbocycles. The summed E-state index contributed by atoms with van der Waals surface area (Å²) < 4.78 is 5.31. The Morgan fingerprint density at radius 3 is 2.45 bits per heavy atom. The number of nitrogens with one attached hydrogen (secondary N) is 1. The van der Waals surface area contributed by atoms with E-state index in [4.69, 9.17) is 9.72 Å². The number of nitriles is 1. The Labute approximate surface area is 242 Å². The quantitative estimate of drug-likeness (QED) is 0.166. The maximum absolute atomic E-state index is 13.0. The molecule has 0 atom stereocenters. The number of hydrogen-bond acceptors (Lipinski definition) is 7. The molecule has 6 nitrogen and oxygen atoms in total. The highest BCUT2D eigenvalue weighted by Crippen LogP contribution is 2.39. The highest BCUT2D eigenvalue weighted by molar-refractivity contribution is 7.99. The largest absolute Gasteiger partial charge is 0.462 e. The van der Waals surface area contributed by atoms with Crippen molar-refractivity contribution in [2.24, 2.45) is 0 Å². The van der Waals surface area contributed by atoms with E-state index in [0.717, 1.165) is 58.5 Å². The van der Waals surface area contributed by atoms with Crippen LogP contribution in [0.15, 0.2) is 71.8 Å². The van der Waals surface area contributed by atoms with Crippen molar-refractivity contribution in [2.45, 2.75) is 44.1 Å². The molecule has 0 aliphatic heterocycles. The third kappa shape index (κ3) is 6.11. The fourth-order valence-corrected chi connectivity index (χ4v) is 7.08. The van der Waals surface area contributed by atoms with E-state index in [-0.39, 0.29) is 24.9 Å². The van der Waals surface area contributed by atoms with Gasteiger partial charge in [0.05, 0.1) is 23.4 Å². The van der Waals surface area contributed by atoms with Crippen molar-refractivity contribution in [3.05, 3.63) is 88.3 Å². The number of anilines is 1. The lowest BCUT2D eigenvalue weighted by molar-refractivity contribution is -0.115. The Kier molecular flexibility index (Phi) is 8.94. The van der Waals surface area contributed by atoms with E-state index in [1.807, 2.05) is 66.7 Å². The Morgan fingerprint density at radius 1 is 1.05 bits per heavy atom. The van der Waals surface area contributed by atoms with E-state index in [1.54, 1.807) is 6.92 Å². The average Bonchev–Trinajstić information content (AvgIpc) is 3.35. The van der Waals surface area contributed by atoms with E-state index < -0.39 is 0 Å². The third-order valence-electron chi connectivity index (χ3n) is 6.72. The van der Waals surface area contributed by atoms with Crippen molar-refractivity contribution in [1.82, 2.24) is 4.98 Å². The Hall–Kier alpha value is -3.93. The Bertz CT molecular complexity index is 1560. The van der Waals surface area contributed by atoms with Gasteiger partial charge in [-0.2, -0.15) is 5.26 Å². The summed E-state index contributed by atoms with van der Waals surface area (Å²) in [5.74, 6) is -0.127. The number of carbonyl (C=O) groups excluding carboxylic acids is 2. The van der Waals surface area contributed by atoms with Crippen molar-refractivity contribution >= 4 is 40.0 Å². The van der Waals surface area contributed by atoms with Crippen molar-refractivity contribution in [2.75, 3.05) is 17.7 Å². The molecule has 2 aromatic heterocycles. The first kappa shape index (κ1) is 27.6. The van der Waals surface area contributed by atoms with Gasteiger partial charge in [-0.15, -0.1) is 23.1 Å². The zero-order chi connectivity index (χ0) is 27.9. The number of rotatable bonds is 9. The van der Waals surface area contributed by atoms with Crippen LogP contribution in [0.25, 0.3) is 22.4 Å². The standard InChI is InChI=1S/C32H29N3O3S2/c1-2-38-32(37)29-23-15-9-10-16-27(23)40-31(29)35-28(36)17-18-39-30-25(20-33)24(21-11-5-3-6-12-21)19-26(34-30)22-13-7-4-8-14-22/h3-8,11-14,19H,2,9-10,15-18H2,1H3,(H,35,36). The fraction of sp³-hybridized carbons (Fsp3) is 0.250. The number of benzene rings is 2. The molecule has 1 aliphatic rings. The van der Waals surface area contributed by atoms with Gasteiger partial charge in [0.25, 0.3) is 0 Å². The molecule has 2 heterocycles. The molecular weight excluding hydrogens is 539 g/mol. The molecule has 0 unspecified atom stereocenters. The summed E-state index contributed by atoms with van der Waals surface area (Å²) in [5.41, 5.74) is 5.50. The summed E-state index contributed by atoms with van der Waals surface area (Å²) in [7, 11) is 0. The number of thiophene rings is 1. The van der Waals surface area contributed by atoms with Crippen LogP contribution in [0.5, 0.6) is 0 Å². The minimum atomic E-state index is -0.374. The number of aryl methyl sites for hydroxylation is 1. The summed E-state index contributed by atoms with van der Waals surface area (Å²) in [6.45, 7) is 2.07. The molecule has 0 radical (unpaired) electrons. The van der Waals surface area contributed by atoms with Crippen LogP contribution >= 0.6 is 23.1 Å². The zero-order valence-corrected chi connectivity index (χ0v) is 23.9.